The van der Waals surface area contributed by atoms with Crippen LogP contribution in [0, 0.1) is 11.8 Å². The van der Waals surface area contributed by atoms with Crippen LogP contribution in [0.5, 0.6) is 0 Å². The molecule has 1 aromatic rings. The minimum absolute atomic E-state index is 0.133. The highest BCUT2D eigenvalue weighted by molar-refractivity contribution is 7.88. The van der Waals surface area contributed by atoms with Crippen molar-refractivity contribution in [3.05, 3.63) is 35.4 Å². The molecule has 0 aliphatic carbocycles. The highest BCUT2D eigenvalue weighted by Crippen LogP contribution is 2.29. The van der Waals surface area contributed by atoms with Gasteiger partial charge >= 0.3 is 6.18 Å². The largest absolute Gasteiger partial charge is 0.416 e. The monoisotopic (exact) mass is 406 g/mol. The van der Waals surface area contributed by atoms with E-state index in [-0.39, 0.29) is 5.56 Å². The second-order valence-electron chi connectivity index (χ2n) is 7.76. The summed E-state index contributed by atoms with van der Waals surface area (Å²) in [4.78, 5) is 2.43. The van der Waals surface area contributed by atoms with Crippen LogP contribution in [-0.4, -0.2) is 39.5 Å². The average Bonchev–Trinajstić information content (AvgIpc) is 2.52. The van der Waals surface area contributed by atoms with Crippen LogP contribution in [-0.2, 0) is 22.0 Å². The highest BCUT2D eigenvalue weighted by Gasteiger charge is 2.30. The van der Waals surface area contributed by atoms with Crippen molar-refractivity contribution in [2.75, 3.05) is 26.2 Å². The second-order valence-corrected chi connectivity index (χ2v) is 9.57. The maximum absolute atomic E-state index is 12.7. The summed E-state index contributed by atoms with van der Waals surface area (Å²) in [6.07, 6.45) is -1.62. The van der Waals surface area contributed by atoms with Gasteiger partial charge < -0.3 is 4.90 Å². The van der Waals surface area contributed by atoms with Crippen LogP contribution in [0.1, 0.15) is 44.2 Å². The molecule has 27 heavy (non-hydrogen) atoms. The molecule has 2 rings (SSSR count). The standard InChI is InChI=1S/C19H29F3N2O2S/c1-15-10-16(2)13-24(12-15)9-4-3-8-23-27(25,26)14-17-6-5-7-18(11-17)19(20,21)22/h5-7,11,15-16,23H,3-4,8-10,12-14H2,1-2H3. The van der Waals surface area contributed by atoms with Gasteiger partial charge in [-0.2, -0.15) is 13.2 Å². The van der Waals surface area contributed by atoms with Crippen molar-refractivity contribution in [3.8, 4) is 0 Å². The van der Waals surface area contributed by atoms with Crippen molar-refractivity contribution in [3.63, 3.8) is 0 Å². The lowest BCUT2D eigenvalue weighted by atomic mass is 9.92. The third-order valence-electron chi connectivity index (χ3n) is 4.78. The number of alkyl halides is 3. The molecule has 0 spiro atoms. The van der Waals surface area contributed by atoms with E-state index in [1.807, 2.05) is 0 Å². The van der Waals surface area contributed by atoms with Gasteiger partial charge in [-0.1, -0.05) is 32.0 Å². The molecule has 2 unspecified atom stereocenters. The Balaban J connectivity index is 1.74. The Labute approximate surface area is 160 Å². The fraction of sp³-hybridized carbons (Fsp3) is 0.684. The molecular weight excluding hydrogens is 377 g/mol. The van der Waals surface area contributed by atoms with E-state index in [1.54, 1.807) is 0 Å². The Morgan fingerprint density at radius 2 is 1.81 bits per heavy atom. The Hall–Kier alpha value is -1.12. The summed E-state index contributed by atoms with van der Waals surface area (Å²) in [6, 6.07) is 4.45. The van der Waals surface area contributed by atoms with Crippen LogP contribution in [0.3, 0.4) is 0 Å². The van der Waals surface area contributed by atoms with Crippen molar-refractivity contribution in [2.24, 2.45) is 11.8 Å². The number of likely N-dealkylation sites (tertiary alicyclic amines) is 1. The molecular formula is C19H29F3N2O2S. The van der Waals surface area contributed by atoms with Gasteiger partial charge in [0.15, 0.2) is 0 Å². The molecule has 4 nitrogen and oxygen atoms in total. The average molecular weight is 407 g/mol. The molecule has 1 N–H and O–H groups in total. The third kappa shape index (κ3) is 7.79. The summed E-state index contributed by atoms with van der Waals surface area (Å²) in [6.45, 7) is 7.94. The number of benzene rings is 1. The normalized spacial score (nSPS) is 22.1. The predicted molar refractivity (Wildman–Crippen MR) is 101 cm³/mol. The van der Waals surface area contributed by atoms with E-state index in [1.165, 1.54) is 18.6 Å². The lowest BCUT2D eigenvalue weighted by Gasteiger charge is -2.34. The van der Waals surface area contributed by atoms with E-state index in [4.69, 9.17) is 0 Å². The van der Waals surface area contributed by atoms with Gasteiger partial charge in [0.1, 0.15) is 0 Å². The van der Waals surface area contributed by atoms with E-state index >= 15 is 0 Å². The Bertz CT molecular complexity index is 697. The van der Waals surface area contributed by atoms with Gasteiger partial charge in [0.25, 0.3) is 0 Å². The zero-order valence-electron chi connectivity index (χ0n) is 15.9. The number of sulfonamides is 1. The summed E-state index contributed by atoms with van der Waals surface area (Å²) in [5.74, 6) is 0.942. The molecule has 0 aromatic heterocycles. The van der Waals surface area contributed by atoms with Gasteiger partial charge in [0, 0.05) is 19.6 Å². The first-order chi connectivity index (χ1) is 12.5. The number of nitrogens with zero attached hydrogens (tertiary/aromatic N) is 1. The SMILES string of the molecule is CC1CC(C)CN(CCCCNS(=O)(=O)Cc2cccc(C(F)(F)F)c2)C1. The van der Waals surface area contributed by atoms with E-state index in [0.29, 0.717) is 24.8 Å². The van der Waals surface area contributed by atoms with Crippen LogP contribution in [0.15, 0.2) is 24.3 Å². The quantitative estimate of drug-likeness (QED) is 0.667. The molecule has 1 aliphatic rings. The topological polar surface area (TPSA) is 49.4 Å². The Kier molecular flexibility index (Phi) is 7.71. The first-order valence-corrected chi connectivity index (χ1v) is 11.1. The van der Waals surface area contributed by atoms with Crippen molar-refractivity contribution in [1.82, 2.24) is 9.62 Å². The van der Waals surface area contributed by atoms with Crippen LogP contribution in [0.25, 0.3) is 0 Å². The zero-order chi connectivity index (χ0) is 20.1. The minimum Gasteiger partial charge on any atom is -0.303 e. The zero-order valence-corrected chi connectivity index (χ0v) is 16.7. The number of hydrogen-bond acceptors (Lipinski definition) is 3. The van der Waals surface area contributed by atoms with Gasteiger partial charge in [0.2, 0.25) is 10.0 Å². The molecule has 1 aliphatic heterocycles. The molecule has 0 saturated carbocycles. The molecule has 1 fully saturated rings. The third-order valence-corrected chi connectivity index (χ3v) is 6.14. The highest BCUT2D eigenvalue weighted by atomic mass is 32.2. The van der Waals surface area contributed by atoms with Crippen molar-refractivity contribution >= 4 is 10.0 Å². The molecule has 1 heterocycles. The first kappa shape index (κ1) is 22.2. The van der Waals surface area contributed by atoms with Gasteiger partial charge in [-0.3, -0.25) is 0 Å². The van der Waals surface area contributed by atoms with Gasteiger partial charge in [0.05, 0.1) is 11.3 Å². The number of rotatable bonds is 8. The predicted octanol–water partition coefficient (Wildman–Crippen LogP) is 3.88. The molecule has 8 heteroatoms. The molecule has 154 valence electrons. The fourth-order valence-corrected chi connectivity index (χ4v) is 4.95. The molecule has 1 aromatic carbocycles. The smallest absolute Gasteiger partial charge is 0.303 e. The van der Waals surface area contributed by atoms with Crippen LogP contribution >= 0.6 is 0 Å². The summed E-state index contributed by atoms with van der Waals surface area (Å²) >= 11 is 0. The van der Waals surface area contributed by atoms with Crippen LogP contribution < -0.4 is 4.72 Å². The van der Waals surface area contributed by atoms with E-state index < -0.39 is 27.5 Å². The Morgan fingerprint density at radius 1 is 1.15 bits per heavy atom. The van der Waals surface area contributed by atoms with Gasteiger partial charge in [-0.15, -0.1) is 0 Å². The molecule has 0 bridgehead atoms. The number of piperidine rings is 1. The van der Waals surface area contributed by atoms with Gasteiger partial charge in [-0.05, 0) is 49.3 Å². The van der Waals surface area contributed by atoms with Gasteiger partial charge in [-0.25, -0.2) is 13.1 Å². The maximum Gasteiger partial charge on any atom is 0.416 e. The summed E-state index contributed by atoms with van der Waals surface area (Å²) in [7, 11) is -3.65. The number of halogens is 3. The van der Waals surface area contributed by atoms with E-state index in [0.717, 1.165) is 38.2 Å². The summed E-state index contributed by atoms with van der Waals surface area (Å²) in [5, 5.41) is 0. The van der Waals surface area contributed by atoms with Crippen LogP contribution in [0.2, 0.25) is 0 Å². The van der Waals surface area contributed by atoms with Crippen molar-refractivity contribution in [1.29, 1.82) is 0 Å². The second kappa shape index (κ2) is 9.39. The van der Waals surface area contributed by atoms with Crippen molar-refractivity contribution < 1.29 is 21.6 Å². The summed E-state index contributed by atoms with van der Waals surface area (Å²) < 4.78 is 64.9. The number of hydrogen-bond donors (Lipinski definition) is 1. The lowest BCUT2D eigenvalue weighted by Crippen LogP contribution is -2.39. The van der Waals surface area contributed by atoms with E-state index in [9.17, 15) is 21.6 Å². The Morgan fingerprint density at radius 3 is 2.44 bits per heavy atom. The first-order valence-electron chi connectivity index (χ1n) is 9.41. The lowest BCUT2D eigenvalue weighted by molar-refractivity contribution is -0.137. The summed E-state index contributed by atoms with van der Waals surface area (Å²) in [5.41, 5.74) is -0.700. The molecule has 0 amide bonds. The molecule has 1 saturated heterocycles. The maximum atomic E-state index is 12.7. The van der Waals surface area contributed by atoms with Crippen molar-refractivity contribution in [2.45, 2.75) is 45.0 Å². The number of unbranched alkanes of at least 4 members (excludes halogenated alkanes) is 1. The molecule has 0 radical (unpaired) electrons. The fourth-order valence-electron chi connectivity index (χ4n) is 3.77. The minimum atomic E-state index is -4.48. The van der Waals surface area contributed by atoms with E-state index in [2.05, 4.69) is 23.5 Å². The number of nitrogens with one attached hydrogen (secondary N) is 1. The van der Waals surface area contributed by atoms with Crippen LogP contribution in [0.4, 0.5) is 13.2 Å². The molecule has 2 atom stereocenters.